The van der Waals surface area contributed by atoms with Crippen LogP contribution < -0.4 is 4.74 Å². The van der Waals surface area contributed by atoms with Gasteiger partial charge in [-0.25, -0.2) is 0 Å². The van der Waals surface area contributed by atoms with Crippen LogP contribution in [0.1, 0.15) is 66.8 Å². The van der Waals surface area contributed by atoms with Crippen molar-refractivity contribution in [2.45, 2.75) is 52.6 Å². The van der Waals surface area contributed by atoms with E-state index in [-0.39, 0.29) is 39.7 Å². The number of phenolic OH excluding ortho intramolecular Hbond substituents is 2. The van der Waals surface area contributed by atoms with Gasteiger partial charge in [0.25, 0.3) is 0 Å². The Hall–Kier alpha value is -2.04. The van der Waals surface area contributed by atoms with Gasteiger partial charge in [0.05, 0.1) is 5.56 Å². The number of Topliss-reactive ketones (excluding diaryl/α,β-unsaturated/α-hetero) is 1. The molecule has 25 heavy (non-hydrogen) atoms. The second kappa shape index (κ2) is 4.77. The van der Waals surface area contributed by atoms with Crippen LogP contribution in [-0.2, 0) is 6.42 Å². The van der Waals surface area contributed by atoms with E-state index in [0.29, 0.717) is 30.1 Å². The maximum atomic E-state index is 12.2. The monoisotopic (exact) mass is 344 g/mol. The molecule has 134 valence electrons. The van der Waals surface area contributed by atoms with Crippen molar-refractivity contribution in [2.75, 3.05) is 0 Å². The minimum absolute atomic E-state index is 0.00817. The van der Waals surface area contributed by atoms with Crippen molar-refractivity contribution in [1.82, 2.24) is 0 Å². The fourth-order valence-electron chi connectivity index (χ4n) is 5.67. The predicted octanol–water partition coefficient (Wildman–Crippen LogP) is 3.49. The molecule has 3 fully saturated rings. The highest BCUT2D eigenvalue weighted by atomic mass is 16.5. The Morgan fingerprint density at radius 2 is 1.84 bits per heavy atom. The number of fused-ring (bicyclic) bond motifs is 1. The van der Waals surface area contributed by atoms with Crippen molar-refractivity contribution in [3.05, 3.63) is 16.7 Å². The van der Waals surface area contributed by atoms with Gasteiger partial charge in [-0.2, -0.15) is 0 Å². The number of benzene rings is 1. The average Bonchev–Trinajstić information content (AvgIpc) is 2.52. The summed E-state index contributed by atoms with van der Waals surface area (Å²) in [6, 6.07) is 0. The molecule has 4 atom stereocenters. The smallest absolute Gasteiger partial charge is 0.167 e. The van der Waals surface area contributed by atoms with Crippen LogP contribution in [0.5, 0.6) is 17.2 Å². The third kappa shape index (κ3) is 1.84. The number of aromatic hydroxyl groups is 2. The Kier molecular flexibility index (Phi) is 3.14. The molecule has 3 saturated carbocycles. The molecule has 0 saturated heterocycles. The summed E-state index contributed by atoms with van der Waals surface area (Å²) in [4.78, 5) is 23.5. The molecule has 3 aliphatic carbocycles. The third-order valence-electron chi connectivity index (χ3n) is 7.32. The number of ether oxygens (including phenoxy) is 1. The Labute approximate surface area is 147 Å². The topological polar surface area (TPSA) is 83.8 Å². The number of carbonyl (C=O) groups is 2. The average molecular weight is 344 g/mol. The first-order valence-corrected chi connectivity index (χ1v) is 8.88. The first-order chi connectivity index (χ1) is 11.6. The minimum Gasteiger partial charge on any atom is -0.507 e. The van der Waals surface area contributed by atoms with E-state index < -0.39 is 11.4 Å². The first kappa shape index (κ1) is 16.4. The fraction of sp³-hybridized carbons (Fsp3) is 0.600. The lowest BCUT2D eigenvalue weighted by Gasteiger charge is -2.67. The lowest BCUT2D eigenvalue weighted by atomic mass is 9.41. The van der Waals surface area contributed by atoms with Gasteiger partial charge in [0.1, 0.15) is 28.4 Å². The normalized spacial score (nSPS) is 34.2. The van der Waals surface area contributed by atoms with Gasteiger partial charge in [0, 0.05) is 17.4 Å². The van der Waals surface area contributed by atoms with Crippen LogP contribution in [0.25, 0.3) is 0 Å². The molecule has 0 spiro atoms. The summed E-state index contributed by atoms with van der Waals surface area (Å²) in [5.74, 6) is 0.375. The Morgan fingerprint density at radius 1 is 1.16 bits per heavy atom. The van der Waals surface area contributed by atoms with E-state index in [1.165, 1.54) is 6.92 Å². The zero-order valence-electron chi connectivity index (χ0n) is 15.0. The molecular formula is C20H24O5. The van der Waals surface area contributed by atoms with Crippen LogP contribution in [0.4, 0.5) is 0 Å². The summed E-state index contributed by atoms with van der Waals surface area (Å²) >= 11 is 0. The van der Waals surface area contributed by atoms with E-state index >= 15 is 0 Å². The minimum atomic E-state index is -0.484. The summed E-state index contributed by atoms with van der Waals surface area (Å²) < 4.78 is 6.41. The Morgan fingerprint density at radius 3 is 2.40 bits per heavy atom. The van der Waals surface area contributed by atoms with E-state index in [2.05, 4.69) is 20.8 Å². The molecule has 1 heterocycles. The largest absolute Gasteiger partial charge is 0.507 e. The predicted molar refractivity (Wildman–Crippen MR) is 91.4 cm³/mol. The zero-order valence-corrected chi connectivity index (χ0v) is 15.0. The van der Waals surface area contributed by atoms with Gasteiger partial charge in [-0.3, -0.25) is 9.59 Å². The lowest BCUT2D eigenvalue weighted by molar-refractivity contribution is -0.217. The molecule has 1 aromatic carbocycles. The second-order valence-electron chi connectivity index (χ2n) is 8.70. The van der Waals surface area contributed by atoms with Gasteiger partial charge in [-0.1, -0.05) is 13.8 Å². The molecule has 2 bridgehead atoms. The van der Waals surface area contributed by atoms with Crippen LogP contribution in [0.3, 0.4) is 0 Å². The van der Waals surface area contributed by atoms with Gasteiger partial charge in [0.15, 0.2) is 12.1 Å². The Bertz CT molecular complexity index is 809. The summed E-state index contributed by atoms with van der Waals surface area (Å²) in [7, 11) is 0. The van der Waals surface area contributed by atoms with Crippen LogP contribution >= 0.6 is 0 Å². The van der Waals surface area contributed by atoms with Crippen molar-refractivity contribution in [3.8, 4) is 17.2 Å². The quantitative estimate of drug-likeness (QED) is 0.634. The highest BCUT2D eigenvalue weighted by Gasteiger charge is 2.65. The number of carbonyl (C=O) groups excluding carboxylic acids is 2. The summed E-state index contributed by atoms with van der Waals surface area (Å²) in [5.41, 5.74) is 0.0150. The lowest BCUT2D eigenvalue weighted by Crippen LogP contribution is -2.67. The number of hydrogen-bond donors (Lipinski definition) is 2. The number of ketones is 1. The molecule has 5 nitrogen and oxygen atoms in total. The molecule has 4 aliphatic rings. The molecule has 5 heteroatoms. The molecule has 1 aliphatic heterocycles. The molecule has 0 unspecified atom stereocenters. The van der Waals surface area contributed by atoms with Crippen LogP contribution in [0.2, 0.25) is 0 Å². The molecule has 0 radical (unpaired) electrons. The van der Waals surface area contributed by atoms with Gasteiger partial charge < -0.3 is 14.9 Å². The summed E-state index contributed by atoms with van der Waals surface area (Å²) in [6.45, 7) is 7.96. The van der Waals surface area contributed by atoms with Crippen LogP contribution in [0, 0.1) is 23.2 Å². The Balaban J connectivity index is 1.92. The SMILES string of the molecule is CC(=O)c1c(O)c(C=O)c(O)c2c1O[C@@]1(C)[C@@H](C2)C[C@H]2C[C@@H]1C2(C)C. The molecule has 5 rings (SSSR count). The van der Waals surface area contributed by atoms with Crippen molar-refractivity contribution in [3.63, 3.8) is 0 Å². The van der Waals surface area contributed by atoms with Gasteiger partial charge in [-0.15, -0.1) is 0 Å². The number of hydrogen-bond acceptors (Lipinski definition) is 5. The van der Waals surface area contributed by atoms with E-state index in [9.17, 15) is 19.8 Å². The summed E-state index contributed by atoms with van der Waals surface area (Å²) in [6.07, 6.45) is 3.06. The molecular weight excluding hydrogens is 320 g/mol. The number of rotatable bonds is 2. The van der Waals surface area contributed by atoms with Crippen LogP contribution in [0.15, 0.2) is 0 Å². The third-order valence-corrected chi connectivity index (χ3v) is 7.32. The van der Waals surface area contributed by atoms with Crippen molar-refractivity contribution < 1.29 is 24.5 Å². The fourth-order valence-corrected chi connectivity index (χ4v) is 5.67. The van der Waals surface area contributed by atoms with Crippen LogP contribution in [-0.4, -0.2) is 27.9 Å². The van der Waals surface area contributed by atoms with Crippen molar-refractivity contribution in [2.24, 2.45) is 23.2 Å². The van der Waals surface area contributed by atoms with Gasteiger partial charge in [0.2, 0.25) is 0 Å². The zero-order chi connectivity index (χ0) is 18.3. The molecule has 0 amide bonds. The van der Waals surface area contributed by atoms with Crippen molar-refractivity contribution in [1.29, 1.82) is 0 Å². The molecule has 1 aromatic rings. The van der Waals surface area contributed by atoms with Gasteiger partial charge in [-0.05, 0) is 44.4 Å². The van der Waals surface area contributed by atoms with Crippen molar-refractivity contribution >= 4 is 12.1 Å². The van der Waals surface area contributed by atoms with E-state index in [4.69, 9.17) is 4.74 Å². The number of phenols is 2. The highest BCUT2D eigenvalue weighted by molar-refractivity contribution is 6.04. The van der Waals surface area contributed by atoms with E-state index in [1.54, 1.807) is 0 Å². The summed E-state index contributed by atoms with van der Waals surface area (Å²) in [5, 5.41) is 20.9. The van der Waals surface area contributed by atoms with Gasteiger partial charge >= 0.3 is 0 Å². The maximum Gasteiger partial charge on any atom is 0.167 e. The second-order valence-corrected chi connectivity index (χ2v) is 8.70. The number of aldehydes is 1. The molecule has 0 aromatic heterocycles. The highest BCUT2D eigenvalue weighted by Crippen LogP contribution is 2.67. The molecule has 2 N–H and O–H groups in total. The van der Waals surface area contributed by atoms with E-state index in [0.717, 1.165) is 12.8 Å². The standard InChI is InChI=1S/C20H24O5/c1-9(22)15-17(24)13(8-21)16(23)12-6-11-5-10-7-14(19(10,2)3)20(11,4)25-18(12)15/h8,10-11,14,23-24H,5-7H2,1-4H3/t10-,11+,14+,20-/m0/s1. The van der Waals surface area contributed by atoms with E-state index in [1.807, 2.05) is 0 Å². The first-order valence-electron chi connectivity index (χ1n) is 8.88. The maximum absolute atomic E-state index is 12.2.